The first-order chi connectivity index (χ1) is 8.54. The summed E-state index contributed by atoms with van der Waals surface area (Å²) in [5, 5.41) is 9.89. The molecule has 0 radical (unpaired) electrons. The Balaban J connectivity index is 2.56. The van der Waals surface area contributed by atoms with Crippen molar-refractivity contribution in [2.45, 2.75) is 18.8 Å². The summed E-state index contributed by atoms with van der Waals surface area (Å²) < 4.78 is 23.8. The van der Waals surface area contributed by atoms with Crippen molar-refractivity contribution in [1.82, 2.24) is 4.57 Å². The largest absolute Gasteiger partial charge is 0.348 e. The van der Waals surface area contributed by atoms with Crippen LogP contribution in [0, 0.1) is 10.1 Å². The monoisotopic (exact) mass is 268 g/mol. The van der Waals surface area contributed by atoms with E-state index in [1.165, 1.54) is 6.07 Å². The normalized spacial score (nSPS) is 13.0. The van der Waals surface area contributed by atoms with Crippen LogP contribution in [0.4, 0.5) is 0 Å². The Hall–Kier alpha value is -1.89. The van der Waals surface area contributed by atoms with Gasteiger partial charge in [0, 0.05) is 34.1 Å². The minimum atomic E-state index is -3.14. The number of benzene rings is 1. The van der Waals surface area contributed by atoms with E-state index in [4.69, 9.17) is 0 Å². The summed E-state index contributed by atoms with van der Waals surface area (Å²) in [6, 6.07) is 6.58. The van der Waals surface area contributed by atoms with Gasteiger partial charge in [-0.25, -0.2) is 8.42 Å². The van der Waals surface area contributed by atoms with E-state index >= 15 is 0 Å². The highest BCUT2D eigenvalue weighted by Gasteiger charge is 2.26. The maximum Gasteiger partial charge on any atom is 0.333 e. The van der Waals surface area contributed by atoms with Crippen LogP contribution < -0.4 is 0 Å². The fraction of sp³-hybridized carbons (Fsp3) is 0.273. The zero-order chi connectivity index (χ0) is 13.3. The number of thiol groups is 1. The molecule has 1 heterocycles. The standard InChI is InChI=1S/C11H12N2O4S/c1-2-12-6-5-8-7-9(3-4-10(8)12)11(13(14)15)18(16)17/h3-7,11,18H,2H2,1H3. The van der Waals surface area contributed by atoms with Gasteiger partial charge in [0.15, 0.2) is 0 Å². The van der Waals surface area contributed by atoms with Gasteiger partial charge in [0.1, 0.15) is 0 Å². The molecule has 18 heavy (non-hydrogen) atoms. The van der Waals surface area contributed by atoms with Crippen LogP contribution in [0.5, 0.6) is 0 Å². The quantitative estimate of drug-likeness (QED) is 0.518. The van der Waals surface area contributed by atoms with Gasteiger partial charge in [-0.3, -0.25) is 10.1 Å². The number of nitrogens with zero attached hydrogens (tertiary/aromatic N) is 2. The van der Waals surface area contributed by atoms with Gasteiger partial charge in [0.25, 0.3) is 0 Å². The molecular formula is C11H12N2O4S. The lowest BCUT2D eigenvalue weighted by Crippen LogP contribution is -2.11. The van der Waals surface area contributed by atoms with Crippen LogP contribution in [0.15, 0.2) is 30.5 Å². The topological polar surface area (TPSA) is 82.2 Å². The molecule has 0 spiro atoms. The Bertz CT molecular complexity index is 667. The maximum atomic E-state index is 10.9. The number of nitro groups is 1. The second kappa shape index (κ2) is 4.77. The minimum absolute atomic E-state index is 0.192. The summed E-state index contributed by atoms with van der Waals surface area (Å²) in [6.45, 7) is 2.78. The van der Waals surface area contributed by atoms with Gasteiger partial charge in [0.2, 0.25) is 10.7 Å². The van der Waals surface area contributed by atoms with E-state index in [0.717, 1.165) is 17.4 Å². The molecule has 6 nitrogen and oxygen atoms in total. The Labute approximate surface area is 105 Å². The van der Waals surface area contributed by atoms with Crippen molar-refractivity contribution >= 4 is 21.6 Å². The lowest BCUT2D eigenvalue weighted by molar-refractivity contribution is -0.502. The molecule has 0 saturated carbocycles. The molecule has 7 heteroatoms. The van der Waals surface area contributed by atoms with Crippen molar-refractivity contribution in [3.63, 3.8) is 0 Å². The lowest BCUT2D eigenvalue weighted by atomic mass is 10.1. The predicted molar refractivity (Wildman–Crippen MR) is 67.7 cm³/mol. The SMILES string of the molecule is CCn1ccc2cc(C([N+](=O)[O-])[SH](=O)=O)ccc21. The first kappa shape index (κ1) is 12.6. The number of aryl methyl sites for hydroxylation is 1. The molecule has 0 fully saturated rings. The summed E-state index contributed by atoms with van der Waals surface area (Å²) in [5.41, 5.74) is 1.13. The molecule has 1 atom stereocenters. The third-order valence-electron chi connectivity index (χ3n) is 2.83. The molecule has 2 rings (SSSR count). The molecule has 0 saturated heterocycles. The molecule has 0 aliphatic rings. The first-order valence-electron chi connectivity index (χ1n) is 5.40. The Kier molecular flexibility index (Phi) is 3.33. The molecule has 2 aromatic rings. The van der Waals surface area contributed by atoms with E-state index in [9.17, 15) is 18.5 Å². The van der Waals surface area contributed by atoms with Crippen molar-refractivity contribution in [2.24, 2.45) is 0 Å². The van der Waals surface area contributed by atoms with E-state index in [1.54, 1.807) is 12.1 Å². The third-order valence-corrected chi connectivity index (χ3v) is 3.72. The predicted octanol–water partition coefficient (Wildman–Crippen LogP) is 1.55. The van der Waals surface area contributed by atoms with Crippen LogP contribution in [0.2, 0.25) is 0 Å². The molecule has 0 amide bonds. The molecule has 0 bridgehead atoms. The average Bonchev–Trinajstić information content (AvgIpc) is 2.70. The van der Waals surface area contributed by atoms with E-state index in [1.807, 2.05) is 23.8 Å². The maximum absolute atomic E-state index is 10.9. The van der Waals surface area contributed by atoms with Crippen LogP contribution in [0.3, 0.4) is 0 Å². The molecule has 1 unspecified atom stereocenters. The zero-order valence-electron chi connectivity index (χ0n) is 9.65. The molecule has 0 aliphatic carbocycles. The fourth-order valence-corrected chi connectivity index (χ4v) is 2.53. The van der Waals surface area contributed by atoms with Gasteiger partial charge in [-0.2, -0.15) is 0 Å². The van der Waals surface area contributed by atoms with E-state index in [-0.39, 0.29) is 5.56 Å². The number of fused-ring (bicyclic) bond motifs is 1. The Morgan fingerprint density at radius 1 is 1.39 bits per heavy atom. The van der Waals surface area contributed by atoms with Gasteiger partial charge in [-0.15, -0.1) is 0 Å². The third kappa shape index (κ3) is 2.08. The molecule has 96 valence electrons. The average molecular weight is 268 g/mol. The van der Waals surface area contributed by atoms with Crippen LogP contribution in [0.25, 0.3) is 10.9 Å². The van der Waals surface area contributed by atoms with Gasteiger partial charge in [-0.1, -0.05) is 0 Å². The van der Waals surface area contributed by atoms with E-state index in [2.05, 4.69) is 0 Å². The number of rotatable bonds is 4. The van der Waals surface area contributed by atoms with Crippen molar-refractivity contribution in [1.29, 1.82) is 0 Å². The minimum Gasteiger partial charge on any atom is -0.348 e. The van der Waals surface area contributed by atoms with E-state index in [0.29, 0.717) is 0 Å². The summed E-state index contributed by atoms with van der Waals surface area (Å²) in [4.78, 5) is 9.97. The summed E-state index contributed by atoms with van der Waals surface area (Å²) in [7, 11) is -3.14. The second-order valence-corrected chi connectivity index (χ2v) is 4.92. The van der Waals surface area contributed by atoms with Crippen molar-refractivity contribution in [3.8, 4) is 0 Å². The molecule has 1 aromatic heterocycles. The smallest absolute Gasteiger partial charge is 0.333 e. The van der Waals surface area contributed by atoms with Gasteiger partial charge >= 0.3 is 5.37 Å². The Morgan fingerprint density at radius 2 is 2.11 bits per heavy atom. The highest BCUT2D eigenvalue weighted by atomic mass is 32.2. The highest BCUT2D eigenvalue weighted by Crippen LogP contribution is 2.23. The number of aromatic nitrogens is 1. The van der Waals surface area contributed by atoms with Crippen LogP contribution in [-0.4, -0.2) is 17.9 Å². The Morgan fingerprint density at radius 3 is 2.67 bits per heavy atom. The van der Waals surface area contributed by atoms with Gasteiger partial charge in [0.05, 0.1) is 0 Å². The lowest BCUT2D eigenvalue weighted by Gasteiger charge is -2.05. The van der Waals surface area contributed by atoms with Crippen molar-refractivity contribution in [2.75, 3.05) is 0 Å². The van der Waals surface area contributed by atoms with Crippen LogP contribution in [-0.2, 0) is 17.2 Å². The van der Waals surface area contributed by atoms with Crippen LogP contribution in [0.1, 0.15) is 17.9 Å². The van der Waals surface area contributed by atoms with Gasteiger partial charge < -0.3 is 4.57 Å². The summed E-state index contributed by atoms with van der Waals surface area (Å²) in [5.74, 6) is 0. The molecular weight excluding hydrogens is 256 g/mol. The fourth-order valence-electron chi connectivity index (χ4n) is 1.98. The summed E-state index contributed by atoms with van der Waals surface area (Å²) in [6.07, 6.45) is 1.87. The highest BCUT2D eigenvalue weighted by molar-refractivity contribution is 7.72. The second-order valence-electron chi connectivity index (χ2n) is 3.86. The summed E-state index contributed by atoms with van der Waals surface area (Å²) >= 11 is 0. The van der Waals surface area contributed by atoms with Crippen LogP contribution >= 0.6 is 0 Å². The zero-order valence-corrected chi connectivity index (χ0v) is 10.5. The van der Waals surface area contributed by atoms with Gasteiger partial charge in [-0.05, 0) is 31.2 Å². The van der Waals surface area contributed by atoms with E-state index < -0.39 is 21.0 Å². The first-order valence-corrected chi connectivity index (χ1v) is 6.65. The molecule has 1 aromatic carbocycles. The van der Waals surface area contributed by atoms with Crippen molar-refractivity contribution in [3.05, 3.63) is 46.1 Å². The van der Waals surface area contributed by atoms with Crippen molar-refractivity contribution < 1.29 is 13.3 Å². The molecule has 0 aliphatic heterocycles. The number of hydrogen-bond acceptors (Lipinski definition) is 4. The number of hydrogen-bond donors (Lipinski definition) is 1. The molecule has 0 N–H and O–H groups in total.